The average molecular weight is 363 g/mol. The van der Waals surface area contributed by atoms with Crippen LogP contribution >= 0.6 is 22.9 Å². The van der Waals surface area contributed by atoms with Crippen molar-refractivity contribution in [2.75, 3.05) is 5.32 Å². The SMILES string of the molecule is Cc1sc2c(c1C)C(c1ccc(Cl)cc1)=NC(CC(=O)O)C(=O)N2. The topological polar surface area (TPSA) is 78.8 Å². The Labute approximate surface area is 148 Å². The molecule has 1 amide bonds. The summed E-state index contributed by atoms with van der Waals surface area (Å²) < 4.78 is 0. The summed E-state index contributed by atoms with van der Waals surface area (Å²) in [6.07, 6.45) is -0.351. The van der Waals surface area contributed by atoms with Gasteiger partial charge in [-0.3, -0.25) is 14.6 Å². The number of carboxylic acids is 1. The number of amides is 1. The molecule has 0 saturated heterocycles. The molecule has 2 heterocycles. The van der Waals surface area contributed by atoms with Crippen LogP contribution in [0.4, 0.5) is 5.00 Å². The molecule has 2 N–H and O–H groups in total. The van der Waals surface area contributed by atoms with Gasteiger partial charge in [0.2, 0.25) is 5.91 Å². The minimum Gasteiger partial charge on any atom is -0.481 e. The Hall–Kier alpha value is -2.18. The van der Waals surface area contributed by atoms with E-state index in [1.165, 1.54) is 11.3 Å². The molecule has 24 heavy (non-hydrogen) atoms. The van der Waals surface area contributed by atoms with Crippen LogP contribution < -0.4 is 5.32 Å². The molecule has 7 heteroatoms. The molecule has 1 unspecified atom stereocenters. The molecule has 5 nitrogen and oxygen atoms in total. The van der Waals surface area contributed by atoms with E-state index in [-0.39, 0.29) is 6.42 Å². The van der Waals surface area contributed by atoms with Gasteiger partial charge < -0.3 is 10.4 Å². The standard InChI is InChI=1S/C17H15ClN2O3S/c1-8-9(2)24-17-14(8)15(10-3-5-11(18)6-4-10)19-12(7-13(21)22)16(23)20-17/h3-6,12H,7H2,1-2H3,(H,20,23)(H,21,22). The molecule has 2 aromatic rings. The lowest BCUT2D eigenvalue weighted by Crippen LogP contribution is -2.27. The highest BCUT2D eigenvalue weighted by molar-refractivity contribution is 7.17. The van der Waals surface area contributed by atoms with Gasteiger partial charge in [0.1, 0.15) is 11.0 Å². The van der Waals surface area contributed by atoms with Crippen LogP contribution in [-0.2, 0) is 9.59 Å². The molecule has 1 aromatic heterocycles. The lowest BCUT2D eigenvalue weighted by atomic mass is 10.00. The van der Waals surface area contributed by atoms with Crippen molar-refractivity contribution < 1.29 is 14.7 Å². The van der Waals surface area contributed by atoms with Gasteiger partial charge in [0.05, 0.1) is 12.1 Å². The molecule has 1 atom stereocenters. The second-order valence-electron chi connectivity index (χ2n) is 5.57. The number of thiophene rings is 1. The number of carbonyl (C=O) groups excluding carboxylic acids is 1. The number of carbonyl (C=O) groups is 2. The number of aliphatic imine (C=N–C) groups is 1. The molecule has 0 bridgehead atoms. The van der Waals surface area contributed by atoms with Crippen molar-refractivity contribution >= 4 is 45.5 Å². The number of aliphatic carboxylic acids is 1. The number of halogens is 1. The van der Waals surface area contributed by atoms with Crippen molar-refractivity contribution in [2.45, 2.75) is 26.3 Å². The van der Waals surface area contributed by atoms with E-state index in [1.807, 2.05) is 26.0 Å². The molecule has 3 rings (SSSR count). The number of fused-ring (bicyclic) bond motifs is 1. The first-order valence-corrected chi connectivity index (χ1v) is 8.53. The fourth-order valence-electron chi connectivity index (χ4n) is 2.60. The van der Waals surface area contributed by atoms with Gasteiger partial charge in [0.25, 0.3) is 0 Å². The van der Waals surface area contributed by atoms with Gasteiger partial charge in [-0.25, -0.2) is 0 Å². The van der Waals surface area contributed by atoms with Crippen molar-refractivity contribution in [2.24, 2.45) is 4.99 Å². The summed E-state index contributed by atoms with van der Waals surface area (Å²) in [5.74, 6) is -1.46. The Bertz CT molecular complexity index is 855. The smallest absolute Gasteiger partial charge is 0.306 e. The minimum absolute atomic E-state index is 0.351. The Morgan fingerprint density at radius 3 is 2.62 bits per heavy atom. The fraction of sp³-hybridized carbons (Fsp3) is 0.235. The zero-order valence-electron chi connectivity index (χ0n) is 13.1. The summed E-state index contributed by atoms with van der Waals surface area (Å²) in [6.45, 7) is 3.95. The predicted molar refractivity (Wildman–Crippen MR) is 95.6 cm³/mol. The molecule has 1 aliphatic heterocycles. The van der Waals surface area contributed by atoms with Crippen LogP contribution in [0.15, 0.2) is 29.3 Å². The molecule has 0 spiro atoms. The Kier molecular flexibility index (Phi) is 4.43. The third-order valence-electron chi connectivity index (χ3n) is 3.93. The van der Waals surface area contributed by atoms with Crippen molar-refractivity contribution in [1.29, 1.82) is 0 Å². The maximum Gasteiger partial charge on any atom is 0.306 e. The van der Waals surface area contributed by atoms with Gasteiger partial charge in [0, 0.05) is 21.0 Å². The molecule has 0 radical (unpaired) electrons. The second kappa shape index (κ2) is 6.37. The highest BCUT2D eigenvalue weighted by Gasteiger charge is 2.30. The maximum absolute atomic E-state index is 12.4. The summed E-state index contributed by atoms with van der Waals surface area (Å²) in [7, 11) is 0. The van der Waals surface area contributed by atoms with Crippen LogP contribution in [0.25, 0.3) is 0 Å². The summed E-state index contributed by atoms with van der Waals surface area (Å²) in [4.78, 5) is 29.0. The summed E-state index contributed by atoms with van der Waals surface area (Å²) in [5.41, 5.74) is 3.29. The molecule has 0 fully saturated rings. The number of aryl methyl sites for hydroxylation is 1. The number of nitrogens with zero attached hydrogens (tertiary/aromatic N) is 1. The number of nitrogens with one attached hydrogen (secondary N) is 1. The quantitative estimate of drug-likeness (QED) is 0.874. The summed E-state index contributed by atoms with van der Waals surface area (Å²) in [6, 6.07) is 6.18. The predicted octanol–water partition coefficient (Wildman–Crippen LogP) is 3.65. The number of benzene rings is 1. The van der Waals surface area contributed by atoms with Crippen LogP contribution in [0.1, 0.15) is 28.0 Å². The van der Waals surface area contributed by atoms with Crippen molar-refractivity contribution in [3.63, 3.8) is 0 Å². The Morgan fingerprint density at radius 2 is 2.00 bits per heavy atom. The van der Waals surface area contributed by atoms with Crippen LogP contribution in [0.5, 0.6) is 0 Å². The van der Waals surface area contributed by atoms with E-state index >= 15 is 0 Å². The molecule has 1 aliphatic rings. The van der Waals surface area contributed by atoms with Crippen LogP contribution in [0.3, 0.4) is 0 Å². The van der Waals surface area contributed by atoms with Crippen LogP contribution in [-0.4, -0.2) is 28.7 Å². The van der Waals surface area contributed by atoms with Crippen LogP contribution in [0, 0.1) is 13.8 Å². The lowest BCUT2D eigenvalue weighted by Gasteiger charge is -2.10. The third kappa shape index (κ3) is 3.07. The van der Waals surface area contributed by atoms with Gasteiger partial charge in [0.15, 0.2) is 0 Å². The normalized spacial score (nSPS) is 16.9. The van der Waals surface area contributed by atoms with Gasteiger partial charge >= 0.3 is 5.97 Å². The van der Waals surface area contributed by atoms with Crippen LogP contribution in [0.2, 0.25) is 5.02 Å². The van der Waals surface area contributed by atoms with E-state index in [0.29, 0.717) is 15.7 Å². The van der Waals surface area contributed by atoms with E-state index in [0.717, 1.165) is 21.6 Å². The number of carboxylic acid groups (broad SMARTS) is 1. The van der Waals surface area contributed by atoms with Gasteiger partial charge in [-0.15, -0.1) is 11.3 Å². The molecule has 0 aliphatic carbocycles. The third-order valence-corrected chi connectivity index (χ3v) is 5.31. The van der Waals surface area contributed by atoms with Gasteiger partial charge in [-0.05, 0) is 31.5 Å². The number of anilines is 1. The maximum atomic E-state index is 12.4. The molecular formula is C17H15ClN2O3S. The number of hydrogen-bond donors (Lipinski definition) is 2. The highest BCUT2D eigenvalue weighted by atomic mass is 35.5. The molecular weight excluding hydrogens is 348 g/mol. The first kappa shape index (κ1) is 16.7. The lowest BCUT2D eigenvalue weighted by molar-refractivity contribution is -0.138. The van der Waals surface area contributed by atoms with Gasteiger partial charge in [-0.2, -0.15) is 0 Å². The van der Waals surface area contributed by atoms with Crippen molar-refractivity contribution in [3.05, 3.63) is 50.9 Å². The first-order valence-electron chi connectivity index (χ1n) is 7.33. The summed E-state index contributed by atoms with van der Waals surface area (Å²) >= 11 is 7.43. The van der Waals surface area contributed by atoms with Crippen molar-refractivity contribution in [1.82, 2.24) is 0 Å². The minimum atomic E-state index is -1.06. The Morgan fingerprint density at radius 1 is 1.33 bits per heavy atom. The van der Waals surface area contributed by atoms with E-state index < -0.39 is 17.9 Å². The largest absolute Gasteiger partial charge is 0.481 e. The first-order chi connectivity index (χ1) is 11.4. The number of rotatable bonds is 3. The molecule has 124 valence electrons. The van der Waals surface area contributed by atoms with Crippen molar-refractivity contribution in [3.8, 4) is 0 Å². The number of hydrogen-bond acceptors (Lipinski definition) is 4. The van der Waals surface area contributed by atoms with E-state index in [4.69, 9.17) is 16.7 Å². The monoisotopic (exact) mass is 362 g/mol. The molecule has 1 aromatic carbocycles. The Balaban J connectivity index is 2.20. The van der Waals surface area contributed by atoms with E-state index in [9.17, 15) is 9.59 Å². The van der Waals surface area contributed by atoms with E-state index in [2.05, 4.69) is 10.3 Å². The van der Waals surface area contributed by atoms with Gasteiger partial charge in [-0.1, -0.05) is 23.7 Å². The average Bonchev–Trinajstić information content (AvgIpc) is 2.71. The highest BCUT2D eigenvalue weighted by Crippen LogP contribution is 2.36. The second-order valence-corrected chi connectivity index (χ2v) is 7.24. The molecule has 0 saturated carbocycles. The zero-order valence-corrected chi connectivity index (χ0v) is 14.7. The summed E-state index contributed by atoms with van der Waals surface area (Å²) in [5, 5.41) is 13.2. The fourth-order valence-corrected chi connectivity index (χ4v) is 3.80. The van der Waals surface area contributed by atoms with E-state index in [1.54, 1.807) is 12.1 Å². The zero-order chi connectivity index (χ0) is 17.4.